The first-order valence-electron chi connectivity index (χ1n) is 12.7. The van der Waals surface area contributed by atoms with Crippen LogP contribution in [0, 0.1) is 58.2 Å². The maximum atomic E-state index is 9.97. The molecule has 1 N–H and O–H groups in total. The Bertz CT molecular complexity index is 582. The third-order valence-corrected chi connectivity index (χ3v) is 7.97. The number of nitriles is 2. The molecule has 2 fully saturated rings. The molecule has 176 valence electrons. The first-order chi connectivity index (χ1) is 14.9. The molecule has 0 amide bonds. The van der Waals surface area contributed by atoms with Crippen LogP contribution in [0.2, 0.25) is 0 Å². The number of nitrogens with zero attached hydrogens (tertiary/aromatic N) is 2. The third-order valence-electron chi connectivity index (χ3n) is 7.97. The molecule has 2 aliphatic carbocycles. The van der Waals surface area contributed by atoms with Crippen molar-refractivity contribution in [1.82, 2.24) is 0 Å². The van der Waals surface area contributed by atoms with Crippen molar-refractivity contribution in [2.45, 2.75) is 110 Å². The molecule has 0 bridgehead atoms. The summed E-state index contributed by atoms with van der Waals surface area (Å²) >= 11 is 0. The normalized spacial score (nSPS) is 31.6. The molecule has 2 aliphatic rings. The van der Waals surface area contributed by atoms with E-state index < -0.39 is 0 Å². The molecule has 5 unspecified atom stereocenters. The number of aliphatic hydroxyl groups is 1. The molecule has 0 saturated heterocycles. The zero-order chi connectivity index (χ0) is 22.8. The van der Waals surface area contributed by atoms with Gasteiger partial charge in [-0.2, -0.15) is 10.5 Å². The summed E-state index contributed by atoms with van der Waals surface area (Å²) < 4.78 is 11.6. The second kappa shape index (κ2) is 13.4. The van der Waals surface area contributed by atoms with Crippen molar-refractivity contribution in [2.24, 2.45) is 35.5 Å². The summed E-state index contributed by atoms with van der Waals surface area (Å²) in [5.74, 6) is 1.49. The van der Waals surface area contributed by atoms with Gasteiger partial charge < -0.3 is 14.6 Å². The Morgan fingerprint density at radius 3 is 2.03 bits per heavy atom. The Hall–Kier alpha value is -1.14. The molecule has 5 heteroatoms. The summed E-state index contributed by atoms with van der Waals surface area (Å²) in [4.78, 5) is 0. The maximum Gasteiger partial charge on any atom is 0.155 e. The minimum absolute atomic E-state index is 0.136. The first-order valence-corrected chi connectivity index (χ1v) is 12.7. The lowest BCUT2D eigenvalue weighted by Crippen LogP contribution is -2.35. The van der Waals surface area contributed by atoms with Crippen LogP contribution < -0.4 is 0 Å². The lowest BCUT2D eigenvalue weighted by Gasteiger charge is -2.40. The van der Waals surface area contributed by atoms with Crippen LogP contribution >= 0.6 is 0 Å². The minimum Gasteiger partial charge on any atom is -0.393 e. The highest BCUT2D eigenvalue weighted by atomic mass is 16.7. The fourth-order valence-corrected chi connectivity index (χ4v) is 6.10. The molecule has 0 heterocycles. The summed E-state index contributed by atoms with van der Waals surface area (Å²) in [5, 5.41) is 29.5. The molecule has 0 aromatic heterocycles. The van der Waals surface area contributed by atoms with Crippen LogP contribution in [0.1, 0.15) is 91.9 Å². The summed E-state index contributed by atoms with van der Waals surface area (Å²) in [6.07, 6.45) is 10.2. The fourth-order valence-electron chi connectivity index (χ4n) is 6.10. The maximum absolute atomic E-state index is 9.97. The smallest absolute Gasteiger partial charge is 0.155 e. The zero-order valence-electron chi connectivity index (χ0n) is 20.1. The number of aliphatic hydroxyl groups excluding tert-OH is 1. The molecule has 2 rings (SSSR count). The van der Waals surface area contributed by atoms with E-state index in [0.717, 1.165) is 51.4 Å². The van der Waals surface area contributed by atoms with Gasteiger partial charge >= 0.3 is 0 Å². The topological polar surface area (TPSA) is 86.3 Å². The van der Waals surface area contributed by atoms with Gasteiger partial charge in [-0.1, -0.05) is 13.3 Å². The molecular weight excluding hydrogens is 388 g/mol. The van der Waals surface area contributed by atoms with Gasteiger partial charge in [-0.15, -0.1) is 0 Å². The zero-order valence-corrected chi connectivity index (χ0v) is 20.1. The molecule has 0 spiro atoms. The molecular formula is C26H44N2O3. The molecule has 0 aromatic carbocycles. The predicted octanol–water partition coefficient (Wildman–Crippen LogP) is 5.83. The summed E-state index contributed by atoms with van der Waals surface area (Å²) in [7, 11) is 0. The van der Waals surface area contributed by atoms with Crippen molar-refractivity contribution in [3.63, 3.8) is 0 Å². The average molecular weight is 433 g/mol. The summed E-state index contributed by atoms with van der Waals surface area (Å²) in [6, 6.07) is 4.86. The minimum atomic E-state index is -0.247. The van der Waals surface area contributed by atoms with Gasteiger partial charge in [-0.25, -0.2) is 0 Å². The van der Waals surface area contributed by atoms with Gasteiger partial charge in [-0.3, -0.25) is 0 Å². The van der Waals surface area contributed by atoms with Gasteiger partial charge in [0.2, 0.25) is 0 Å². The van der Waals surface area contributed by atoms with E-state index in [2.05, 4.69) is 19.1 Å². The SMILES string of the molecule is CCOC(C)OC1CCC(C(CC)CC(C2CCC(O)CC2)C(C#N)C(C)C#N)CC1. The van der Waals surface area contributed by atoms with Crippen molar-refractivity contribution >= 4 is 0 Å². The van der Waals surface area contributed by atoms with Crippen LogP contribution in [0.5, 0.6) is 0 Å². The summed E-state index contributed by atoms with van der Waals surface area (Å²) in [6.45, 7) is 8.83. The van der Waals surface area contributed by atoms with Crippen LogP contribution in [0.4, 0.5) is 0 Å². The highest BCUT2D eigenvalue weighted by molar-refractivity contribution is 5.02. The molecule has 2 saturated carbocycles. The van der Waals surface area contributed by atoms with E-state index >= 15 is 0 Å². The Kier molecular flexibility index (Phi) is 11.3. The molecule has 0 aliphatic heterocycles. The third kappa shape index (κ3) is 7.74. The van der Waals surface area contributed by atoms with E-state index in [-0.39, 0.29) is 36.3 Å². The second-order valence-electron chi connectivity index (χ2n) is 9.90. The monoisotopic (exact) mass is 432 g/mol. The van der Waals surface area contributed by atoms with Gasteiger partial charge in [0.15, 0.2) is 6.29 Å². The Labute approximate surface area is 190 Å². The first kappa shape index (κ1) is 26.1. The lowest BCUT2D eigenvalue weighted by atomic mass is 9.65. The number of ether oxygens (including phenoxy) is 2. The van der Waals surface area contributed by atoms with Crippen LogP contribution in [-0.2, 0) is 9.47 Å². The van der Waals surface area contributed by atoms with Crippen LogP contribution in [0.25, 0.3) is 0 Å². The number of hydrogen-bond acceptors (Lipinski definition) is 5. The Balaban J connectivity index is 2.02. The molecule has 31 heavy (non-hydrogen) atoms. The van der Waals surface area contributed by atoms with E-state index in [1.165, 1.54) is 12.8 Å². The second-order valence-corrected chi connectivity index (χ2v) is 9.90. The van der Waals surface area contributed by atoms with Gasteiger partial charge in [0, 0.05) is 6.61 Å². The van der Waals surface area contributed by atoms with Crippen molar-refractivity contribution in [3.05, 3.63) is 0 Å². The quantitative estimate of drug-likeness (QED) is 0.415. The van der Waals surface area contributed by atoms with Crippen LogP contribution in [0.3, 0.4) is 0 Å². The average Bonchev–Trinajstić information content (AvgIpc) is 2.78. The van der Waals surface area contributed by atoms with Gasteiger partial charge in [0.05, 0.1) is 36.2 Å². The largest absolute Gasteiger partial charge is 0.393 e. The number of rotatable bonds is 11. The fraction of sp³-hybridized carbons (Fsp3) is 0.923. The Morgan fingerprint density at radius 1 is 0.903 bits per heavy atom. The lowest BCUT2D eigenvalue weighted by molar-refractivity contribution is -0.166. The van der Waals surface area contributed by atoms with E-state index in [1.807, 2.05) is 20.8 Å². The van der Waals surface area contributed by atoms with E-state index in [1.54, 1.807) is 0 Å². The molecule has 0 radical (unpaired) electrons. The van der Waals surface area contributed by atoms with Gasteiger partial charge in [0.1, 0.15) is 0 Å². The van der Waals surface area contributed by atoms with Crippen molar-refractivity contribution in [3.8, 4) is 12.1 Å². The molecule has 5 nitrogen and oxygen atoms in total. The van der Waals surface area contributed by atoms with Crippen molar-refractivity contribution in [1.29, 1.82) is 10.5 Å². The summed E-state index contributed by atoms with van der Waals surface area (Å²) in [5.41, 5.74) is 0. The van der Waals surface area contributed by atoms with E-state index in [9.17, 15) is 15.6 Å². The van der Waals surface area contributed by atoms with E-state index in [0.29, 0.717) is 24.4 Å². The van der Waals surface area contributed by atoms with Gasteiger partial charge in [-0.05, 0) is 102 Å². The standard InChI is InChI=1S/C26H44N2O3/c1-5-20(21-9-13-24(14-10-21)31-19(4)30-6-2)15-25(26(17-28)18(3)16-27)22-7-11-23(29)12-8-22/h18-26,29H,5-15H2,1-4H3. The molecule has 0 aromatic rings. The van der Waals surface area contributed by atoms with Crippen LogP contribution in [0.15, 0.2) is 0 Å². The number of hydrogen-bond donors (Lipinski definition) is 1. The van der Waals surface area contributed by atoms with E-state index in [4.69, 9.17) is 9.47 Å². The Morgan fingerprint density at radius 2 is 1.52 bits per heavy atom. The van der Waals surface area contributed by atoms with Crippen molar-refractivity contribution in [2.75, 3.05) is 6.61 Å². The molecule has 5 atom stereocenters. The van der Waals surface area contributed by atoms with Gasteiger partial charge in [0.25, 0.3) is 0 Å². The van der Waals surface area contributed by atoms with Crippen molar-refractivity contribution < 1.29 is 14.6 Å². The highest BCUT2D eigenvalue weighted by Crippen LogP contribution is 2.44. The van der Waals surface area contributed by atoms with Crippen LogP contribution in [-0.4, -0.2) is 30.2 Å². The highest BCUT2D eigenvalue weighted by Gasteiger charge is 2.38. The predicted molar refractivity (Wildman–Crippen MR) is 122 cm³/mol.